The fourth-order valence-corrected chi connectivity index (χ4v) is 3.89. The van der Waals surface area contributed by atoms with Gasteiger partial charge in [-0.15, -0.1) is 11.8 Å². The molecule has 1 aliphatic rings. The van der Waals surface area contributed by atoms with Crippen LogP contribution in [0.1, 0.15) is 19.3 Å². The van der Waals surface area contributed by atoms with Gasteiger partial charge in [-0.05, 0) is 12.8 Å². The first-order valence-corrected chi connectivity index (χ1v) is 10.8. The molecule has 0 aromatic heterocycles. The molecule has 10 N–H and O–H groups in total. The van der Waals surface area contributed by atoms with Crippen LogP contribution in [0.5, 0.6) is 0 Å². The number of aliphatic hydroxyl groups is 3. The number of aliphatic hydroxyl groups excluding tert-OH is 3. The molecule has 0 saturated carbocycles. The molecule has 186 valence electrons. The monoisotopic (exact) mass is 492 g/mol. The number of carboxylic acids is 2. The normalized spacial score (nSPS) is 18.0. The SMILES string of the molecule is N[C@H](CCCC(=O)N[C@H](C(=O)NC(CO)(CO)CO)[C@@H]1NC(C(=O)O)=C(C=O)CS1)C(=O)O. The van der Waals surface area contributed by atoms with E-state index < -0.39 is 72.3 Å². The Morgan fingerprint density at radius 2 is 1.79 bits per heavy atom. The molecule has 0 unspecified atom stereocenters. The molecular formula is C18H28N4O10S. The summed E-state index contributed by atoms with van der Waals surface area (Å²) in [6, 6.07) is -2.63. The van der Waals surface area contributed by atoms with E-state index in [0.717, 1.165) is 11.8 Å². The van der Waals surface area contributed by atoms with Crippen LogP contribution in [0.2, 0.25) is 0 Å². The fraction of sp³-hybridized carbons (Fsp3) is 0.611. The maximum Gasteiger partial charge on any atom is 0.352 e. The van der Waals surface area contributed by atoms with Gasteiger partial charge in [-0.25, -0.2) is 4.79 Å². The molecule has 0 aliphatic carbocycles. The maximum absolute atomic E-state index is 12.9. The van der Waals surface area contributed by atoms with E-state index in [1.165, 1.54) is 0 Å². The zero-order valence-electron chi connectivity index (χ0n) is 17.5. The van der Waals surface area contributed by atoms with Gasteiger partial charge in [-0.1, -0.05) is 0 Å². The number of aliphatic carboxylic acids is 2. The number of carbonyl (C=O) groups is 5. The Labute approximate surface area is 192 Å². The van der Waals surface area contributed by atoms with Crippen molar-refractivity contribution in [1.29, 1.82) is 0 Å². The Bertz CT molecular complexity index is 778. The lowest BCUT2D eigenvalue weighted by Crippen LogP contribution is -2.64. The van der Waals surface area contributed by atoms with Crippen molar-refractivity contribution >= 4 is 41.8 Å². The molecule has 2 amide bonds. The second-order valence-corrected chi connectivity index (χ2v) is 8.46. The van der Waals surface area contributed by atoms with E-state index in [2.05, 4.69) is 16.0 Å². The van der Waals surface area contributed by atoms with Crippen LogP contribution < -0.4 is 21.7 Å². The number of carbonyl (C=O) groups excluding carboxylic acids is 3. The van der Waals surface area contributed by atoms with Crippen molar-refractivity contribution < 1.29 is 49.5 Å². The minimum Gasteiger partial charge on any atom is -0.480 e. The molecule has 0 bridgehead atoms. The van der Waals surface area contributed by atoms with Crippen LogP contribution in [-0.4, -0.2) is 104 Å². The minimum absolute atomic E-state index is 0.00666. The van der Waals surface area contributed by atoms with Crippen LogP contribution in [0.15, 0.2) is 11.3 Å². The summed E-state index contributed by atoms with van der Waals surface area (Å²) in [4.78, 5) is 58.7. The van der Waals surface area contributed by atoms with E-state index in [4.69, 9.17) is 10.8 Å². The first kappa shape index (κ1) is 28.3. The average Bonchev–Trinajstić information content (AvgIpc) is 2.80. The van der Waals surface area contributed by atoms with Gasteiger partial charge >= 0.3 is 11.9 Å². The zero-order valence-corrected chi connectivity index (χ0v) is 18.3. The Hall–Kier alpha value is -2.72. The first-order valence-electron chi connectivity index (χ1n) is 9.76. The second kappa shape index (κ2) is 13.1. The standard InChI is InChI=1S/C18H28N4O10S/c19-10(16(29)30)2-1-3-11(27)20-13(14(28)22-18(6-24,7-25)8-26)15-21-12(17(31)32)9(4-23)5-33-15/h4,10,13,15,21,24-26H,1-3,5-8,19H2,(H,20,27)(H,22,28)(H,29,30)(H,31,32)/t10-,13-,15-/m1/s1. The number of rotatable bonds is 14. The van der Waals surface area contributed by atoms with Crippen molar-refractivity contribution in [2.75, 3.05) is 25.6 Å². The Kier molecular flexibility index (Phi) is 11.2. The quantitative estimate of drug-likeness (QED) is 0.105. The number of aldehydes is 1. The number of hydrogen-bond acceptors (Lipinski definition) is 11. The van der Waals surface area contributed by atoms with Gasteiger partial charge in [-0.3, -0.25) is 19.2 Å². The number of carboxylic acid groups (broad SMARTS) is 2. The van der Waals surface area contributed by atoms with Gasteiger partial charge in [0, 0.05) is 17.7 Å². The van der Waals surface area contributed by atoms with Gasteiger partial charge in [0.1, 0.15) is 35.0 Å². The summed E-state index contributed by atoms with van der Waals surface area (Å²) in [5.41, 5.74) is 3.06. The van der Waals surface area contributed by atoms with E-state index in [0.29, 0.717) is 6.29 Å². The van der Waals surface area contributed by atoms with Crippen LogP contribution in [0.3, 0.4) is 0 Å². The Morgan fingerprint density at radius 3 is 2.27 bits per heavy atom. The summed E-state index contributed by atoms with van der Waals surface area (Å²) in [5, 5.41) is 52.6. The highest BCUT2D eigenvalue weighted by molar-refractivity contribution is 8.00. The third kappa shape index (κ3) is 7.97. The van der Waals surface area contributed by atoms with Crippen molar-refractivity contribution in [2.45, 2.75) is 42.3 Å². The van der Waals surface area contributed by atoms with Crippen molar-refractivity contribution in [1.82, 2.24) is 16.0 Å². The highest BCUT2D eigenvalue weighted by atomic mass is 32.2. The molecule has 3 atom stereocenters. The van der Waals surface area contributed by atoms with Crippen LogP contribution >= 0.6 is 11.8 Å². The van der Waals surface area contributed by atoms with E-state index in [1.807, 2.05) is 0 Å². The van der Waals surface area contributed by atoms with Crippen LogP contribution in [-0.2, 0) is 24.0 Å². The van der Waals surface area contributed by atoms with Gasteiger partial charge in [0.2, 0.25) is 11.8 Å². The average molecular weight is 493 g/mol. The lowest BCUT2D eigenvalue weighted by Gasteiger charge is -2.35. The molecule has 1 aliphatic heterocycles. The largest absolute Gasteiger partial charge is 0.480 e. The summed E-state index contributed by atoms with van der Waals surface area (Å²) in [6.07, 6.45) is 0.234. The van der Waals surface area contributed by atoms with Crippen LogP contribution in [0, 0.1) is 0 Å². The predicted octanol–water partition coefficient (Wildman–Crippen LogP) is -3.91. The van der Waals surface area contributed by atoms with Crippen LogP contribution in [0.25, 0.3) is 0 Å². The second-order valence-electron chi connectivity index (χ2n) is 7.33. The van der Waals surface area contributed by atoms with Crippen molar-refractivity contribution in [3.63, 3.8) is 0 Å². The van der Waals surface area contributed by atoms with Gasteiger partial charge in [0.15, 0.2) is 0 Å². The predicted molar refractivity (Wildman–Crippen MR) is 114 cm³/mol. The molecule has 1 heterocycles. The molecule has 0 radical (unpaired) electrons. The Balaban J connectivity index is 3.06. The maximum atomic E-state index is 12.9. The van der Waals surface area contributed by atoms with Crippen molar-refractivity contribution in [3.8, 4) is 0 Å². The number of amides is 2. The first-order chi connectivity index (χ1) is 15.5. The number of nitrogens with two attached hydrogens (primary N) is 1. The lowest BCUT2D eigenvalue weighted by atomic mass is 10.0. The number of thioether (sulfide) groups is 1. The summed E-state index contributed by atoms with van der Waals surface area (Å²) < 4.78 is 0. The smallest absolute Gasteiger partial charge is 0.352 e. The van der Waals surface area contributed by atoms with Gasteiger partial charge in [-0.2, -0.15) is 0 Å². The number of nitrogens with one attached hydrogen (secondary N) is 3. The van der Waals surface area contributed by atoms with Gasteiger partial charge in [0.05, 0.1) is 19.8 Å². The topological polar surface area (TPSA) is 249 Å². The van der Waals surface area contributed by atoms with E-state index in [-0.39, 0.29) is 30.6 Å². The zero-order chi connectivity index (χ0) is 25.2. The molecule has 33 heavy (non-hydrogen) atoms. The van der Waals surface area contributed by atoms with E-state index in [1.54, 1.807) is 0 Å². The molecular weight excluding hydrogens is 464 g/mol. The summed E-state index contributed by atoms with van der Waals surface area (Å²) in [7, 11) is 0. The minimum atomic E-state index is -1.81. The molecule has 0 saturated heterocycles. The van der Waals surface area contributed by atoms with Gasteiger partial charge in [0.25, 0.3) is 0 Å². The molecule has 0 fully saturated rings. The molecule has 0 aromatic carbocycles. The fourth-order valence-electron chi connectivity index (χ4n) is 2.74. The van der Waals surface area contributed by atoms with E-state index in [9.17, 15) is 44.4 Å². The molecule has 15 heteroatoms. The van der Waals surface area contributed by atoms with E-state index >= 15 is 0 Å². The molecule has 0 spiro atoms. The molecule has 14 nitrogen and oxygen atoms in total. The van der Waals surface area contributed by atoms with Crippen molar-refractivity contribution in [3.05, 3.63) is 11.3 Å². The summed E-state index contributed by atoms with van der Waals surface area (Å²) in [5.74, 6) is -4.40. The Morgan fingerprint density at radius 1 is 1.18 bits per heavy atom. The van der Waals surface area contributed by atoms with Gasteiger partial charge < -0.3 is 47.2 Å². The third-order valence-corrected chi connectivity index (χ3v) is 6.04. The lowest BCUT2D eigenvalue weighted by molar-refractivity contribution is -0.139. The van der Waals surface area contributed by atoms with Crippen molar-refractivity contribution in [2.24, 2.45) is 5.73 Å². The van der Waals surface area contributed by atoms with Crippen LogP contribution in [0.4, 0.5) is 0 Å². The number of hydrogen-bond donors (Lipinski definition) is 9. The molecule has 1 rings (SSSR count). The molecule has 0 aromatic rings. The highest BCUT2D eigenvalue weighted by Crippen LogP contribution is 2.24. The third-order valence-electron chi connectivity index (χ3n) is 4.82. The highest BCUT2D eigenvalue weighted by Gasteiger charge is 2.39. The summed E-state index contributed by atoms with van der Waals surface area (Å²) >= 11 is 0.953. The summed E-state index contributed by atoms with van der Waals surface area (Å²) in [6.45, 7) is -2.50.